The van der Waals surface area contributed by atoms with E-state index in [-0.39, 0.29) is 4.90 Å². The van der Waals surface area contributed by atoms with Crippen molar-refractivity contribution in [3.8, 4) is 0 Å². The lowest BCUT2D eigenvalue weighted by Gasteiger charge is -2.32. The van der Waals surface area contributed by atoms with Gasteiger partial charge in [-0.3, -0.25) is 4.98 Å². The summed E-state index contributed by atoms with van der Waals surface area (Å²) in [6.45, 7) is 2.07. The molecule has 2 aliphatic rings. The van der Waals surface area contributed by atoms with Gasteiger partial charge < -0.3 is 10.2 Å². The van der Waals surface area contributed by atoms with Gasteiger partial charge in [-0.1, -0.05) is 18.3 Å². The topological polar surface area (TPSA) is 65.5 Å². The first-order valence-electron chi connectivity index (χ1n) is 11.3. The summed E-state index contributed by atoms with van der Waals surface area (Å²) in [5.41, 5.74) is 5.48. The summed E-state index contributed by atoms with van der Waals surface area (Å²) >= 11 is 5.86. The highest BCUT2D eigenvalue weighted by Gasteiger charge is 2.28. The fraction of sp³-hybridized carbons (Fsp3) is 0.360. The van der Waals surface area contributed by atoms with Crippen molar-refractivity contribution in [3.05, 3.63) is 71.2 Å². The Morgan fingerprint density at radius 2 is 1.82 bits per heavy atom. The number of aromatic nitrogens is 1. The molecule has 0 saturated carbocycles. The molecule has 174 valence electrons. The van der Waals surface area contributed by atoms with Gasteiger partial charge in [0.25, 0.3) is 0 Å². The molecule has 33 heavy (non-hydrogen) atoms. The van der Waals surface area contributed by atoms with Crippen LogP contribution < -0.4 is 5.32 Å². The van der Waals surface area contributed by atoms with E-state index in [1.807, 2.05) is 30.6 Å². The van der Waals surface area contributed by atoms with Crippen molar-refractivity contribution in [2.24, 2.45) is 0 Å². The lowest BCUT2D eigenvalue weighted by molar-refractivity contribution is 0.290. The van der Waals surface area contributed by atoms with Gasteiger partial charge in [-0.25, -0.2) is 12.7 Å². The summed E-state index contributed by atoms with van der Waals surface area (Å²) in [5, 5.41) is 3.32. The minimum atomic E-state index is -3.51. The van der Waals surface area contributed by atoms with E-state index in [9.17, 15) is 8.42 Å². The van der Waals surface area contributed by atoms with E-state index in [1.54, 1.807) is 18.2 Å². The maximum Gasteiger partial charge on any atom is 0.242 e. The van der Waals surface area contributed by atoms with Gasteiger partial charge in [-0.2, -0.15) is 0 Å². The second kappa shape index (κ2) is 10.2. The number of likely N-dealkylation sites (tertiary alicyclic amines) is 1. The first kappa shape index (κ1) is 23.6. The highest BCUT2D eigenvalue weighted by atomic mass is 32.2. The van der Waals surface area contributed by atoms with Crippen LogP contribution in [0.15, 0.2) is 70.5 Å². The first-order valence-corrected chi connectivity index (χ1v) is 13.1. The monoisotopic (exact) mass is 482 g/mol. The van der Waals surface area contributed by atoms with Crippen molar-refractivity contribution >= 4 is 39.0 Å². The Kier molecular flexibility index (Phi) is 7.26. The standard InChI is InChI=1S/C25H30N4O2S2/c1-28(2)33(30,31)22-8-6-7-21(18-22)27-25(32)23-10-9-20(17-19-11-13-26-14-12-19)24(23)29-15-4-3-5-16-29/h6-8,11-14,17-18H,3-5,9-10,15-16H2,1-2H3,(H,27,32). The fourth-order valence-electron chi connectivity index (χ4n) is 4.38. The third-order valence-corrected chi connectivity index (χ3v) is 8.26. The number of nitrogens with one attached hydrogen (secondary N) is 1. The third kappa shape index (κ3) is 5.34. The lowest BCUT2D eigenvalue weighted by atomic mass is 10.0. The number of rotatable bonds is 6. The van der Waals surface area contributed by atoms with Crippen LogP contribution in [0.4, 0.5) is 5.69 Å². The normalized spacial score (nSPS) is 18.3. The molecule has 0 bridgehead atoms. The van der Waals surface area contributed by atoms with Crippen LogP contribution in [0.5, 0.6) is 0 Å². The molecule has 4 rings (SSSR count). The number of allylic oxidation sites excluding steroid dienone is 1. The second-order valence-electron chi connectivity index (χ2n) is 8.59. The van der Waals surface area contributed by atoms with Crippen molar-refractivity contribution < 1.29 is 8.42 Å². The Labute approximate surface area is 202 Å². The molecule has 1 saturated heterocycles. The quantitative estimate of drug-likeness (QED) is 0.603. The van der Waals surface area contributed by atoms with E-state index in [0.29, 0.717) is 10.7 Å². The van der Waals surface area contributed by atoms with Crippen LogP contribution in [-0.4, -0.2) is 54.8 Å². The van der Waals surface area contributed by atoms with Crippen LogP contribution in [0, 0.1) is 0 Å². The Morgan fingerprint density at radius 1 is 1.09 bits per heavy atom. The average molecular weight is 483 g/mol. The second-order valence-corrected chi connectivity index (χ2v) is 11.2. The van der Waals surface area contributed by atoms with Crippen molar-refractivity contribution in [1.82, 2.24) is 14.2 Å². The van der Waals surface area contributed by atoms with Crippen LogP contribution in [-0.2, 0) is 10.0 Å². The van der Waals surface area contributed by atoms with Crippen LogP contribution in [0.2, 0.25) is 0 Å². The van der Waals surface area contributed by atoms with Crippen molar-refractivity contribution in [2.75, 3.05) is 32.5 Å². The van der Waals surface area contributed by atoms with E-state index in [0.717, 1.165) is 37.1 Å². The van der Waals surface area contributed by atoms with Crippen LogP contribution >= 0.6 is 12.2 Å². The molecule has 0 spiro atoms. The number of sulfonamides is 1. The number of anilines is 1. The van der Waals surface area contributed by atoms with Gasteiger partial charge in [0.05, 0.1) is 4.90 Å². The highest BCUT2D eigenvalue weighted by molar-refractivity contribution is 7.89. The highest BCUT2D eigenvalue weighted by Crippen LogP contribution is 2.37. The summed E-state index contributed by atoms with van der Waals surface area (Å²) < 4.78 is 26.3. The van der Waals surface area contributed by atoms with Crippen LogP contribution in [0.1, 0.15) is 37.7 Å². The smallest absolute Gasteiger partial charge is 0.242 e. The van der Waals surface area contributed by atoms with Crippen molar-refractivity contribution in [1.29, 1.82) is 0 Å². The molecule has 1 N–H and O–H groups in total. The molecule has 1 aromatic heterocycles. The zero-order chi connectivity index (χ0) is 23.4. The number of piperidine rings is 1. The van der Waals surface area contributed by atoms with E-state index in [4.69, 9.17) is 12.2 Å². The molecule has 0 unspecified atom stereocenters. The molecule has 0 atom stereocenters. The Hall–Kier alpha value is -2.55. The van der Waals surface area contributed by atoms with Gasteiger partial charge in [-0.15, -0.1) is 0 Å². The Balaban J connectivity index is 1.66. The first-order chi connectivity index (χ1) is 15.9. The maximum absolute atomic E-state index is 12.5. The van der Waals surface area contributed by atoms with Gasteiger partial charge in [0.1, 0.15) is 4.99 Å². The van der Waals surface area contributed by atoms with Gasteiger partial charge in [-0.05, 0) is 79.6 Å². The number of hydrogen-bond donors (Lipinski definition) is 1. The molecule has 1 aliphatic carbocycles. The minimum absolute atomic E-state index is 0.246. The van der Waals surface area contributed by atoms with Crippen molar-refractivity contribution in [2.45, 2.75) is 37.0 Å². The molecule has 6 nitrogen and oxygen atoms in total. The van der Waals surface area contributed by atoms with Crippen LogP contribution in [0.25, 0.3) is 6.08 Å². The molecule has 8 heteroatoms. The molecule has 2 heterocycles. The summed E-state index contributed by atoms with van der Waals surface area (Å²) in [4.78, 5) is 7.50. The van der Waals surface area contributed by atoms with Crippen molar-refractivity contribution in [3.63, 3.8) is 0 Å². The predicted octanol–water partition coefficient (Wildman–Crippen LogP) is 4.69. The molecule has 1 aromatic carbocycles. The summed E-state index contributed by atoms with van der Waals surface area (Å²) in [6.07, 6.45) is 11.3. The number of nitrogens with zero attached hydrogens (tertiary/aromatic N) is 3. The zero-order valence-corrected chi connectivity index (χ0v) is 20.8. The third-order valence-electron chi connectivity index (χ3n) is 6.10. The summed E-state index contributed by atoms with van der Waals surface area (Å²) in [5.74, 6) is 0. The zero-order valence-electron chi connectivity index (χ0n) is 19.1. The number of hydrogen-bond acceptors (Lipinski definition) is 5. The number of thiocarbonyl (C=S) groups is 1. The van der Waals surface area contributed by atoms with E-state index < -0.39 is 10.0 Å². The molecule has 1 aliphatic heterocycles. The van der Waals surface area contributed by atoms with Gasteiger partial charge >= 0.3 is 0 Å². The minimum Gasteiger partial charge on any atom is -0.371 e. The molecular formula is C25H30N4O2S2. The molecule has 0 radical (unpaired) electrons. The lowest BCUT2D eigenvalue weighted by Crippen LogP contribution is -2.31. The largest absolute Gasteiger partial charge is 0.371 e. The van der Waals surface area contributed by atoms with E-state index in [1.165, 1.54) is 48.9 Å². The molecule has 2 aromatic rings. The van der Waals surface area contributed by atoms with Gasteiger partial charge in [0, 0.05) is 56.5 Å². The van der Waals surface area contributed by atoms with Gasteiger partial charge in [0.15, 0.2) is 0 Å². The molecular weight excluding hydrogens is 452 g/mol. The molecule has 0 amide bonds. The predicted molar refractivity (Wildman–Crippen MR) is 137 cm³/mol. The molecule has 1 fully saturated rings. The van der Waals surface area contributed by atoms with Gasteiger partial charge in [0.2, 0.25) is 10.0 Å². The summed E-state index contributed by atoms with van der Waals surface area (Å²) in [7, 11) is -0.444. The number of benzene rings is 1. The Bertz CT molecular complexity index is 1180. The maximum atomic E-state index is 12.5. The average Bonchev–Trinajstić information content (AvgIpc) is 3.24. The SMILES string of the molecule is CN(C)S(=O)(=O)c1cccc(NC(=S)C2=C(N3CCCCC3)C(=Cc3ccncc3)CC2)c1. The van der Waals surface area contributed by atoms with Crippen LogP contribution in [0.3, 0.4) is 0 Å². The van der Waals surface area contributed by atoms with E-state index in [2.05, 4.69) is 21.3 Å². The number of pyridine rings is 1. The summed E-state index contributed by atoms with van der Waals surface area (Å²) in [6, 6.07) is 10.9. The Morgan fingerprint density at radius 3 is 2.52 bits per heavy atom. The fourth-order valence-corrected chi connectivity index (χ4v) is 5.64. The van der Waals surface area contributed by atoms with E-state index >= 15 is 0 Å².